The van der Waals surface area contributed by atoms with Gasteiger partial charge in [0.1, 0.15) is 11.4 Å². The summed E-state index contributed by atoms with van der Waals surface area (Å²) in [5.41, 5.74) is 3.41. The second kappa shape index (κ2) is 8.80. The molecular weight excluding hydrogens is 338 g/mol. The van der Waals surface area contributed by atoms with Crippen molar-refractivity contribution in [1.82, 2.24) is 10.3 Å². The predicted octanol–water partition coefficient (Wildman–Crippen LogP) is 4.40. The Morgan fingerprint density at radius 3 is 2.11 bits per heavy atom. The molecule has 1 heterocycles. The van der Waals surface area contributed by atoms with E-state index >= 15 is 0 Å². The van der Waals surface area contributed by atoms with Gasteiger partial charge in [0.2, 0.25) is 0 Å². The van der Waals surface area contributed by atoms with E-state index in [0.29, 0.717) is 0 Å². The third-order valence-corrected chi connectivity index (χ3v) is 4.88. The van der Waals surface area contributed by atoms with E-state index < -0.39 is 0 Å². The van der Waals surface area contributed by atoms with Crippen LogP contribution >= 0.6 is 0 Å². The number of hydrogen-bond donors (Lipinski definition) is 2. The summed E-state index contributed by atoms with van der Waals surface area (Å²) in [6, 6.07) is 11.0. The molecule has 2 amide bonds. The fraction of sp³-hybridized carbons (Fsp3) is 0.409. The average molecular weight is 365 g/mol. The van der Waals surface area contributed by atoms with Gasteiger partial charge in [-0.1, -0.05) is 37.8 Å². The second-order valence-corrected chi connectivity index (χ2v) is 7.40. The lowest BCUT2D eigenvalue weighted by Crippen LogP contribution is -2.35. The Morgan fingerprint density at radius 1 is 0.889 bits per heavy atom. The van der Waals surface area contributed by atoms with Crippen molar-refractivity contribution in [2.75, 3.05) is 5.32 Å². The van der Waals surface area contributed by atoms with Gasteiger partial charge >= 0.3 is 0 Å². The quantitative estimate of drug-likeness (QED) is 0.789. The van der Waals surface area contributed by atoms with E-state index in [1.54, 1.807) is 18.2 Å². The van der Waals surface area contributed by atoms with Gasteiger partial charge in [-0.05, 0) is 62.1 Å². The highest BCUT2D eigenvalue weighted by molar-refractivity contribution is 6.04. The maximum absolute atomic E-state index is 12.5. The topological polar surface area (TPSA) is 71.1 Å². The number of anilines is 1. The van der Waals surface area contributed by atoms with Gasteiger partial charge in [0, 0.05) is 11.7 Å². The molecule has 1 aromatic carbocycles. The largest absolute Gasteiger partial charge is 0.348 e. The third kappa shape index (κ3) is 5.39. The number of aromatic nitrogens is 1. The van der Waals surface area contributed by atoms with Crippen LogP contribution in [-0.4, -0.2) is 22.8 Å². The van der Waals surface area contributed by atoms with Crippen LogP contribution in [0.2, 0.25) is 0 Å². The van der Waals surface area contributed by atoms with Crippen LogP contribution < -0.4 is 10.6 Å². The number of aryl methyl sites for hydroxylation is 2. The van der Waals surface area contributed by atoms with Crippen molar-refractivity contribution in [3.63, 3.8) is 0 Å². The molecule has 5 heteroatoms. The van der Waals surface area contributed by atoms with Crippen LogP contribution in [0.4, 0.5) is 5.69 Å². The van der Waals surface area contributed by atoms with Gasteiger partial charge in [-0.2, -0.15) is 0 Å². The molecule has 27 heavy (non-hydrogen) atoms. The van der Waals surface area contributed by atoms with Crippen LogP contribution in [0.15, 0.2) is 36.4 Å². The molecule has 2 aromatic rings. The van der Waals surface area contributed by atoms with E-state index in [4.69, 9.17) is 0 Å². The van der Waals surface area contributed by atoms with Crippen LogP contribution in [0.5, 0.6) is 0 Å². The standard InChI is InChI=1S/C22H27N3O2/c1-15-12-16(2)14-18(13-15)24-22(27)20-11-7-10-19(25-20)21(26)23-17-8-5-3-4-6-9-17/h7,10-14,17H,3-6,8-9H2,1-2H3,(H,23,26)(H,24,27). The smallest absolute Gasteiger partial charge is 0.274 e. The highest BCUT2D eigenvalue weighted by Gasteiger charge is 2.18. The molecule has 1 saturated carbocycles. The number of carbonyl (C=O) groups is 2. The van der Waals surface area contributed by atoms with Gasteiger partial charge in [-0.25, -0.2) is 4.98 Å². The SMILES string of the molecule is Cc1cc(C)cc(NC(=O)c2cccc(C(=O)NC3CCCCCC3)n2)c1. The Bertz CT molecular complexity index is 804. The average Bonchev–Trinajstić information content (AvgIpc) is 2.89. The van der Waals surface area contributed by atoms with E-state index in [9.17, 15) is 9.59 Å². The van der Waals surface area contributed by atoms with Crippen molar-refractivity contribution >= 4 is 17.5 Å². The fourth-order valence-electron chi connectivity index (χ4n) is 3.61. The first-order chi connectivity index (χ1) is 13.0. The van der Waals surface area contributed by atoms with Crippen molar-refractivity contribution in [1.29, 1.82) is 0 Å². The van der Waals surface area contributed by atoms with Crippen LogP contribution in [0, 0.1) is 13.8 Å². The molecule has 0 saturated heterocycles. The zero-order valence-electron chi connectivity index (χ0n) is 16.0. The van der Waals surface area contributed by atoms with E-state index in [-0.39, 0.29) is 29.2 Å². The normalized spacial score (nSPS) is 15.0. The summed E-state index contributed by atoms with van der Waals surface area (Å²) in [7, 11) is 0. The molecule has 2 N–H and O–H groups in total. The van der Waals surface area contributed by atoms with Gasteiger partial charge in [-0.15, -0.1) is 0 Å². The highest BCUT2D eigenvalue weighted by Crippen LogP contribution is 2.18. The Labute approximate surface area is 160 Å². The first kappa shape index (κ1) is 19.1. The first-order valence-electron chi connectivity index (χ1n) is 9.69. The Morgan fingerprint density at radius 2 is 1.48 bits per heavy atom. The maximum atomic E-state index is 12.5. The molecule has 3 rings (SSSR count). The molecular formula is C22H27N3O2. The van der Waals surface area contributed by atoms with E-state index in [2.05, 4.69) is 15.6 Å². The van der Waals surface area contributed by atoms with E-state index in [1.807, 2.05) is 32.0 Å². The summed E-state index contributed by atoms with van der Waals surface area (Å²) in [5, 5.41) is 5.94. The molecule has 0 atom stereocenters. The van der Waals surface area contributed by atoms with Crippen molar-refractivity contribution in [2.24, 2.45) is 0 Å². The summed E-state index contributed by atoms with van der Waals surface area (Å²) in [6.45, 7) is 3.97. The van der Waals surface area contributed by atoms with Crippen molar-refractivity contribution < 1.29 is 9.59 Å². The highest BCUT2D eigenvalue weighted by atomic mass is 16.2. The summed E-state index contributed by atoms with van der Waals surface area (Å²) < 4.78 is 0. The number of benzene rings is 1. The zero-order valence-corrected chi connectivity index (χ0v) is 16.0. The molecule has 0 aliphatic heterocycles. The van der Waals surface area contributed by atoms with E-state index in [1.165, 1.54) is 12.8 Å². The van der Waals surface area contributed by atoms with E-state index in [0.717, 1.165) is 42.5 Å². The van der Waals surface area contributed by atoms with Crippen LogP contribution in [0.25, 0.3) is 0 Å². The number of hydrogen-bond acceptors (Lipinski definition) is 3. The van der Waals surface area contributed by atoms with Gasteiger partial charge in [0.15, 0.2) is 0 Å². The molecule has 0 spiro atoms. The molecule has 0 unspecified atom stereocenters. The number of nitrogens with zero attached hydrogens (tertiary/aromatic N) is 1. The van der Waals surface area contributed by atoms with Gasteiger partial charge < -0.3 is 10.6 Å². The molecule has 0 radical (unpaired) electrons. The van der Waals surface area contributed by atoms with Crippen molar-refractivity contribution in [3.8, 4) is 0 Å². The molecule has 1 aliphatic carbocycles. The predicted molar refractivity (Wildman–Crippen MR) is 107 cm³/mol. The van der Waals surface area contributed by atoms with Gasteiger partial charge in [0.25, 0.3) is 11.8 Å². The molecule has 1 aliphatic rings. The zero-order chi connectivity index (χ0) is 19.2. The minimum absolute atomic E-state index is 0.203. The molecule has 142 valence electrons. The molecule has 1 aromatic heterocycles. The summed E-state index contributed by atoms with van der Waals surface area (Å²) >= 11 is 0. The molecule has 0 bridgehead atoms. The molecule has 1 fully saturated rings. The van der Waals surface area contributed by atoms with Crippen LogP contribution in [0.1, 0.15) is 70.6 Å². The summed E-state index contributed by atoms with van der Waals surface area (Å²) in [5.74, 6) is -0.521. The number of rotatable bonds is 4. The lowest BCUT2D eigenvalue weighted by molar-refractivity contribution is 0.0928. The van der Waals surface area contributed by atoms with Gasteiger partial charge in [0.05, 0.1) is 0 Å². The molecule has 5 nitrogen and oxygen atoms in total. The number of pyridine rings is 1. The minimum Gasteiger partial charge on any atom is -0.348 e. The van der Waals surface area contributed by atoms with Crippen molar-refractivity contribution in [2.45, 2.75) is 58.4 Å². The van der Waals surface area contributed by atoms with Gasteiger partial charge in [-0.3, -0.25) is 9.59 Å². The lowest BCUT2D eigenvalue weighted by Gasteiger charge is -2.16. The number of amides is 2. The van der Waals surface area contributed by atoms with Crippen LogP contribution in [-0.2, 0) is 0 Å². The summed E-state index contributed by atoms with van der Waals surface area (Å²) in [6.07, 6.45) is 6.79. The Balaban J connectivity index is 1.68. The minimum atomic E-state index is -0.316. The monoisotopic (exact) mass is 365 g/mol. The van der Waals surface area contributed by atoms with Crippen molar-refractivity contribution in [3.05, 3.63) is 58.9 Å². The Hall–Kier alpha value is -2.69. The lowest BCUT2D eigenvalue weighted by atomic mass is 10.1. The Kier molecular flexibility index (Phi) is 6.22. The number of carbonyl (C=O) groups excluding carboxylic acids is 2. The summed E-state index contributed by atoms with van der Waals surface area (Å²) in [4.78, 5) is 29.4. The second-order valence-electron chi connectivity index (χ2n) is 7.40. The number of nitrogens with one attached hydrogen (secondary N) is 2. The van der Waals surface area contributed by atoms with Crippen LogP contribution in [0.3, 0.4) is 0 Å². The fourth-order valence-corrected chi connectivity index (χ4v) is 3.61. The first-order valence-corrected chi connectivity index (χ1v) is 9.69. The third-order valence-electron chi connectivity index (χ3n) is 4.88. The maximum Gasteiger partial charge on any atom is 0.274 e.